The maximum atomic E-state index is 13.5. The Morgan fingerprint density at radius 2 is 1.67 bits per heavy atom. The van der Waals surface area contributed by atoms with Crippen molar-refractivity contribution in [1.29, 1.82) is 0 Å². The first-order chi connectivity index (χ1) is 16.0. The molecule has 0 spiro atoms. The summed E-state index contributed by atoms with van der Waals surface area (Å²) in [7, 11) is 4.47. The fourth-order valence-corrected chi connectivity index (χ4v) is 4.07. The zero-order valence-electron chi connectivity index (χ0n) is 18.8. The zero-order chi connectivity index (χ0) is 23.4. The molecular weight excluding hydrogens is 422 g/mol. The van der Waals surface area contributed by atoms with Gasteiger partial charge in [-0.05, 0) is 29.7 Å². The second-order valence-electron chi connectivity index (χ2n) is 7.61. The number of nitrogens with zero attached hydrogens (tertiary/aromatic N) is 3. The van der Waals surface area contributed by atoms with Crippen molar-refractivity contribution in [2.45, 2.75) is 18.9 Å². The van der Waals surface area contributed by atoms with Crippen LogP contribution in [-0.4, -0.2) is 54.6 Å². The number of aromatic nitrogens is 2. The van der Waals surface area contributed by atoms with E-state index in [2.05, 4.69) is 9.97 Å². The molecule has 1 unspecified atom stereocenters. The first-order valence-electron chi connectivity index (χ1n) is 10.6. The van der Waals surface area contributed by atoms with E-state index in [4.69, 9.17) is 14.2 Å². The standard InChI is InChI=1S/C25H25N3O5/c1-31-21-11-17-9-10-28(20(13-23(29)33-3)19(17)12-22(21)32-2)25(30)18-14-26-24(27-15-18)16-7-5-4-6-8-16/h4-8,11-12,14-15,20H,9-10,13H2,1-3H3. The molecule has 0 aliphatic carbocycles. The Morgan fingerprint density at radius 1 is 1.00 bits per heavy atom. The summed E-state index contributed by atoms with van der Waals surface area (Å²) in [5.74, 6) is 1.04. The number of benzene rings is 2. The topological polar surface area (TPSA) is 90.9 Å². The first kappa shape index (κ1) is 22.3. The molecule has 2 heterocycles. The van der Waals surface area contributed by atoms with Crippen LogP contribution in [0.3, 0.4) is 0 Å². The SMILES string of the molecule is COC(=O)CC1c2cc(OC)c(OC)cc2CCN1C(=O)c1cnc(-c2ccccc2)nc1. The van der Waals surface area contributed by atoms with Crippen LogP contribution >= 0.6 is 0 Å². The minimum atomic E-state index is -0.512. The van der Waals surface area contributed by atoms with Crippen LogP contribution in [0.15, 0.2) is 54.9 Å². The number of rotatable bonds is 6. The minimum absolute atomic E-state index is 0.0215. The molecule has 1 aliphatic rings. The molecule has 1 aliphatic heterocycles. The van der Waals surface area contributed by atoms with Crippen molar-refractivity contribution in [3.63, 3.8) is 0 Å². The van der Waals surface area contributed by atoms with Gasteiger partial charge in [0.15, 0.2) is 17.3 Å². The first-order valence-corrected chi connectivity index (χ1v) is 10.6. The fraction of sp³-hybridized carbons (Fsp3) is 0.280. The monoisotopic (exact) mass is 447 g/mol. The number of amides is 1. The lowest BCUT2D eigenvalue weighted by Gasteiger charge is -2.37. The van der Waals surface area contributed by atoms with Gasteiger partial charge in [-0.25, -0.2) is 9.97 Å². The van der Waals surface area contributed by atoms with Crippen molar-refractivity contribution < 1.29 is 23.8 Å². The molecule has 1 aromatic heterocycles. The number of carbonyl (C=O) groups excluding carboxylic acids is 2. The smallest absolute Gasteiger partial charge is 0.307 e. The van der Waals surface area contributed by atoms with E-state index in [0.717, 1.165) is 16.7 Å². The molecule has 0 saturated carbocycles. The molecule has 0 radical (unpaired) electrons. The second kappa shape index (κ2) is 9.68. The average molecular weight is 447 g/mol. The highest BCUT2D eigenvalue weighted by Gasteiger charge is 2.34. The fourth-order valence-electron chi connectivity index (χ4n) is 4.07. The van der Waals surface area contributed by atoms with Gasteiger partial charge >= 0.3 is 5.97 Å². The van der Waals surface area contributed by atoms with Crippen LogP contribution < -0.4 is 9.47 Å². The molecule has 0 saturated heterocycles. The maximum Gasteiger partial charge on any atom is 0.307 e. The van der Waals surface area contributed by atoms with E-state index in [9.17, 15) is 9.59 Å². The molecule has 0 fully saturated rings. The van der Waals surface area contributed by atoms with Gasteiger partial charge in [0.1, 0.15) is 0 Å². The lowest BCUT2D eigenvalue weighted by Crippen LogP contribution is -2.41. The summed E-state index contributed by atoms with van der Waals surface area (Å²) in [6.07, 6.45) is 3.68. The van der Waals surface area contributed by atoms with Gasteiger partial charge in [0.25, 0.3) is 5.91 Å². The number of esters is 1. The largest absolute Gasteiger partial charge is 0.493 e. The van der Waals surface area contributed by atoms with Crippen LogP contribution in [0.4, 0.5) is 0 Å². The van der Waals surface area contributed by atoms with Gasteiger partial charge in [0.05, 0.1) is 39.4 Å². The Morgan fingerprint density at radius 3 is 2.30 bits per heavy atom. The van der Waals surface area contributed by atoms with Gasteiger partial charge in [0.2, 0.25) is 0 Å². The van der Waals surface area contributed by atoms with Crippen molar-refractivity contribution in [3.05, 3.63) is 71.5 Å². The van der Waals surface area contributed by atoms with Crippen molar-refractivity contribution in [2.75, 3.05) is 27.9 Å². The Balaban J connectivity index is 1.67. The summed E-state index contributed by atoms with van der Waals surface area (Å²) in [6.45, 7) is 0.434. The number of hydrogen-bond acceptors (Lipinski definition) is 7. The Kier molecular flexibility index (Phi) is 6.53. The van der Waals surface area contributed by atoms with Crippen LogP contribution in [0, 0.1) is 0 Å². The third kappa shape index (κ3) is 4.50. The highest BCUT2D eigenvalue weighted by atomic mass is 16.5. The highest BCUT2D eigenvalue weighted by Crippen LogP contribution is 2.40. The van der Waals surface area contributed by atoms with Crippen LogP contribution in [0.25, 0.3) is 11.4 Å². The van der Waals surface area contributed by atoms with E-state index in [1.54, 1.807) is 19.1 Å². The summed E-state index contributed by atoms with van der Waals surface area (Å²) >= 11 is 0. The van der Waals surface area contributed by atoms with E-state index in [1.807, 2.05) is 42.5 Å². The predicted octanol–water partition coefficient (Wildman–Crippen LogP) is 3.46. The second-order valence-corrected chi connectivity index (χ2v) is 7.61. The van der Waals surface area contributed by atoms with Gasteiger partial charge in [-0.3, -0.25) is 9.59 Å². The minimum Gasteiger partial charge on any atom is -0.493 e. The number of carbonyl (C=O) groups is 2. The van der Waals surface area contributed by atoms with Crippen molar-refractivity contribution in [2.24, 2.45) is 0 Å². The molecule has 0 bridgehead atoms. The maximum absolute atomic E-state index is 13.5. The highest BCUT2D eigenvalue weighted by molar-refractivity contribution is 5.94. The van der Waals surface area contributed by atoms with Gasteiger partial charge in [-0.1, -0.05) is 30.3 Å². The predicted molar refractivity (Wildman–Crippen MR) is 121 cm³/mol. The van der Waals surface area contributed by atoms with E-state index in [-0.39, 0.29) is 12.3 Å². The molecular formula is C25H25N3O5. The molecule has 8 heteroatoms. The summed E-state index contributed by atoms with van der Waals surface area (Å²) in [6, 6.07) is 12.8. The number of fused-ring (bicyclic) bond motifs is 1. The van der Waals surface area contributed by atoms with Gasteiger partial charge in [-0.15, -0.1) is 0 Å². The van der Waals surface area contributed by atoms with Crippen LogP contribution in [0.2, 0.25) is 0 Å². The van der Waals surface area contributed by atoms with E-state index in [0.29, 0.717) is 35.9 Å². The van der Waals surface area contributed by atoms with Crippen molar-refractivity contribution >= 4 is 11.9 Å². The molecule has 1 atom stereocenters. The molecule has 170 valence electrons. The normalized spacial score (nSPS) is 14.9. The number of hydrogen-bond donors (Lipinski definition) is 0. The van der Waals surface area contributed by atoms with E-state index < -0.39 is 12.0 Å². The van der Waals surface area contributed by atoms with Gasteiger partial charge in [-0.2, -0.15) is 0 Å². The Labute approximate surface area is 192 Å². The van der Waals surface area contributed by atoms with E-state index in [1.165, 1.54) is 19.5 Å². The van der Waals surface area contributed by atoms with Crippen LogP contribution in [-0.2, 0) is 16.0 Å². The van der Waals surface area contributed by atoms with Crippen LogP contribution in [0.5, 0.6) is 11.5 Å². The third-order valence-corrected chi connectivity index (χ3v) is 5.78. The molecule has 33 heavy (non-hydrogen) atoms. The van der Waals surface area contributed by atoms with E-state index >= 15 is 0 Å². The number of ether oxygens (including phenoxy) is 3. The molecule has 3 aromatic rings. The molecule has 4 rings (SSSR count). The zero-order valence-corrected chi connectivity index (χ0v) is 18.8. The number of methoxy groups -OCH3 is 3. The summed E-state index contributed by atoms with van der Waals surface area (Å²) in [4.78, 5) is 36.1. The third-order valence-electron chi connectivity index (χ3n) is 5.78. The average Bonchev–Trinajstić information content (AvgIpc) is 2.88. The summed E-state index contributed by atoms with van der Waals surface area (Å²) in [5.41, 5.74) is 3.06. The summed E-state index contributed by atoms with van der Waals surface area (Å²) < 4.78 is 15.8. The Hall–Kier alpha value is -3.94. The molecule has 0 N–H and O–H groups in total. The van der Waals surface area contributed by atoms with Crippen molar-refractivity contribution in [3.8, 4) is 22.9 Å². The van der Waals surface area contributed by atoms with Crippen molar-refractivity contribution in [1.82, 2.24) is 14.9 Å². The summed E-state index contributed by atoms with van der Waals surface area (Å²) in [5, 5.41) is 0. The quantitative estimate of drug-likeness (QED) is 0.535. The molecule has 1 amide bonds. The lowest BCUT2D eigenvalue weighted by atomic mass is 9.89. The Bertz CT molecular complexity index is 1150. The molecule has 8 nitrogen and oxygen atoms in total. The van der Waals surface area contributed by atoms with Gasteiger partial charge < -0.3 is 19.1 Å². The lowest BCUT2D eigenvalue weighted by molar-refractivity contribution is -0.141. The van der Waals surface area contributed by atoms with Crippen LogP contribution in [0.1, 0.15) is 33.9 Å². The van der Waals surface area contributed by atoms with Gasteiger partial charge in [0, 0.05) is 24.5 Å². The molecule has 2 aromatic carbocycles.